The Morgan fingerprint density at radius 1 is 1.00 bits per heavy atom. The summed E-state index contributed by atoms with van der Waals surface area (Å²) in [4.78, 5) is 15.4. The number of rotatable bonds is 4. The Hall–Kier alpha value is -3.61. The lowest BCUT2D eigenvalue weighted by molar-refractivity contribution is 0.414. The molecule has 156 valence electrons. The third-order valence-electron chi connectivity index (χ3n) is 5.75. The molecule has 0 amide bonds. The quantitative estimate of drug-likeness (QED) is 0.589. The van der Waals surface area contributed by atoms with Crippen LogP contribution in [0.2, 0.25) is 0 Å². The molecule has 7 heteroatoms. The molecule has 0 N–H and O–H groups in total. The van der Waals surface area contributed by atoms with Crippen molar-refractivity contribution in [3.05, 3.63) is 83.7 Å². The van der Waals surface area contributed by atoms with Crippen LogP contribution in [0.15, 0.2) is 70.8 Å². The van der Waals surface area contributed by atoms with Crippen molar-refractivity contribution in [3.63, 3.8) is 0 Å². The number of pyridine rings is 1. The van der Waals surface area contributed by atoms with Crippen molar-refractivity contribution in [1.82, 2.24) is 9.88 Å². The number of halogens is 2. The molecular formula is C24H20F2N4O. The second kappa shape index (κ2) is 7.58. The van der Waals surface area contributed by atoms with Crippen LogP contribution in [0.5, 0.6) is 5.75 Å². The number of amidine groups is 1. The van der Waals surface area contributed by atoms with Gasteiger partial charge >= 0.3 is 0 Å². The van der Waals surface area contributed by atoms with Crippen molar-refractivity contribution < 1.29 is 13.5 Å². The molecular weight excluding hydrogens is 398 g/mol. The first-order valence-corrected chi connectivity index (χ1v) is 10.1. The summed E-state index contributed by atoms with van der Waals surface area (Å²) in [6.07, 6.45) is 4.06. The third-order valence-corrected chi connectivity index (χ3v) is 5.75. The average molecular weight is 418 g/mol. The number of aliphatic imine (C=N–C) groups is 2. The smallest absolute Gasteiger partial charge is 0.220 e. The lowest BCUT2D eigenvalue weighted by Crippen LogP contribution is -2.43. The van der Waals surface area contributed by atoms with Gasteiger partial charge in [0.25, 0.3) is 0 Å². The van der Waals surface area contributed by atoms with Gasteiger partial charge in [-0.2, -0.15) is 4.39 Å². The van der Waals surface area contributed by atoms with Gasteiger partial charge in [-0.05, 0) is 53.9 Å². The van der Waals surface area contributed by atoms with Gasteiger partial charge < -0.3 is 9.64 Å². The molecule has 0 spiro atoms. The molecule has 0 fully saturated rings. The predicted octanol–water partition coefficient (Wildman–Crippen LogP) is 4.43. The number of fused-ring (bicyclic) bond motifs is 1. The maximum atomic E-state index is 14.8. The van der Waals surface area contributed by atoms with Crippen molar-refractivity contribution in [2.75, 3.05) is 20.2 Å². The number of hydrogen-bond acceptors (Lipinski definition) is 5. The van der Waals surface area contributed by atoms with Crippen LogP contribution in [0, 0.1) is 11.8 Å². The zero-order valence-corrected chi connectivity index (χ0v) is 16.9. The van der Waals surface area contributed by atoms with Crippen LogP contribution in [-0.2, 0) is 5.54 Å². The third kappa shape index (κ3) is 3.08. The number of aromatic nitrogens is 1. The standard InChI is InChI=1S/C24H20F2N4O/c1-31-18-8-5-16(6-9-18)24(23-28-12-3-13-30(23)15-29-24)17-7-10-21(25)20(14-17)19-4-2-11-27-22(19)26/h2,4-11,14-15H,3,12-13H2,1H3. The summed E-state index contributed by atoms with van der Waals surface area (Å²) in [6.45, 7) is 1.50. The van der Waals surface area contributed by atoms with Gasteiger partial charge in [0.05, 0.1) is 13.4 Å². The van der Waals surface area contributed by atoms with Crippen molar-refractivity contribution >= 4 is 12.2 Å². The fourth-order valence-electron chi connectivity index (χ4n) is 4.22. The van der Waals surface area contributed by atoms with Crippen LogP contribution in [0.25, 0.3) is 11.1 Å². The first kappa shape index (κ1) is 19.4. The van der Waals surface area contributed by atoms with Gasteiger partial charge in [-0.1, -0.05) is 18.2 Å². The zero-order valence-electron chi connectivity index (χ0n) is 16.9. The van der Waals surface area contributed by atoms with E-state index in [2.05, 4.69) is 4.98 Å². The Kier molecular flexibility index (Phi) is 4.73. The van der Waals surface area contributed by atoms with E-state index in [1.807, 2.05) is 29.2 Å². The van der Waals surface area contributed by atoms with E-state index in [0.717, 1.165) is 30.1 Å². The van der Waals surface area contributed by atoms with Gasteiger partial charge in [0.2, 0.25) is 5.95 Å². The van der Waals surface area contributed by atoms with Crippen molar-refractivity contribution in [3.8, 4) is 16.9 Å². The van der Waals surface area contributed by atoms with Crippen LogP contribution in [0.1, 0.15) is 17.5 Å². The Morgan fingerprint density at radius 3 is 2.58 bits per heavy atom. The van der Waals surface area contributed by atoms with Crippen LogP contribution >= 0.6 is 0 Å². The van der Waals surface area contributed by atoms with Crippen molar-refractivity contribution in [2.24, 2.45) is 9.98 Å². The highest BCUT2D eigenvalue weighted by molar-refractivity contribution is 6.07. The fraction of sp³-hybridized carbons (Fsp3) is 0.208. The van der Waals surface area contributed by atoms with Crippen LogP contribution in [0.3, 0.4) is 0 Å². The van der Waals surface area contributed by atoms with E-state index in [-0.39, 0.29) is 11.1 Å². The molecule has 2 aliphatic rings. The molecule has 0 aliphatic carbocycles. The Labute approximate surface area is 178 Å². The van der Waals surface area contributed by atoms with Gasteiger partial charge in [-0.25, -0.2) is 9.37 Å². The van der Waals surface area contributed by atoms with Gasteiger partial charge in [-0.15, -0.1) is 0 Å². The van der Waals surface area contributed by atoms with Gasteiger partial charge in [0, 0.05) is 30.4 Å². The first-order valence-electron chi connectivity index (χ1n) is 10.1. The molecule has 3 heterocycles. The van der Waals surface area contributed by atoms with Crippen molar-refractivity contribution in [1.29, 1.82) is 0 Å². The van der Waals surface area contributed by atoms with Crippen LogP contribution < -0.4 is 4.74 Å². The zero-order chi connectivity index (χ0) is 21.4. The highest BCUT2D eigenvalue weighted by atomic mass is 19.1. The van der Waals surface area contributed by atoms with Crippen molar-refractivity contribution in [2.45, 2.75) is 12.0 Å². The van der Waals surface area contributed by atoms with E-state index in [1.54, 1.807) is 31.6 Å². The topological polar surface area (TPSA) is 50.1 Å². The fourth-order valence-corrected chi connectivity index (χ4v) is 4.22. The molecule has 5 rings (SSSR count). The van der Waals surface area contributed by atoms with E-state index < -0.39 is 17.3 Å². The lowest BCUT2D eigenvalue weighted by Gasteiger charge is -2.33. The number of ether oxygens (including phenoxy) is 1. The molecule has 0 radical (unpaired) electrons. The number of hydrogen-bond donors (Lipinski definition) is 0. The molecule has 0 saturated carbocycles. The minimum Gasteiger partial charge on any atom is -0.497 e. The molecule has 2 aliphatic heterocycles. The maximum absolute atomic E-state index is 14.8. The molecule has 1 unspecified atom stereocenters. The normalized spacial score (nSPS) is 19.8. The number of benzene rings is 2. The number of nitrogens with zero attached hydrogens (tertiary/aromatic N) is 4. The molecule has 0 bridgehead atoms. The first-order chi connectivity index (χ1) is 15.1. The minimum absolute atomic E-state index is 0.108. The SMILES string of the molecule is COc1ccc(C2(c3ccc(F)c(-c4cccnc4F)c3)N=CN3CCCN=C32)cc1. The molecule has 5 nitrogen and oxygen atoms in total. The molecule has 0 saturated heterocycles. The minimum atomic E-state index is -0.951. The number of methoxy groups -OCH3 is 1. The van der Waals surface area contributed by atoms with E-state index >= 15 is 0 Å². The molecule has 31 heavy (non-hydrogen) atoms. The summed E-state index contributed by atoms with van der Waals surface area (Å²) in [6, 6.07) is 15.4. The highest BCUT2D eigenvalue weighted by Gasteiger charge is 2.46. The second-order valence-corrected chi connectivity index (χ2v) is 7.47. The molecule has 1 aromatic heterocycles. The van der Waals surface area contributed by atoms with Gasteiger partial charge in [0.1, 0.15) is 17.4 Å². The van der Waals surface area contributed by atoms with Gasteiger partial charge in [-0.3, -0.25) is 9.98 Å². The van der Waals surface area contributed by atoms with E-state index in [1.165, 1.54) is 18.3 Å². The average Bonchev–Trinajstić information content (AvgIpc) is 3.21. The Balaban J connectivity index is 1.73. The van der Waals surface area contributed by atoms with E-state index in [0.29, 0.717) is 12.1 Å². The summed E-state index contributed by atoms with van der Waals surface area (Å²) < 4.78 is 34.5. The molecule has 3 aromatic rings. The predicted molar refractivity (Wildman–Crippen MR) is 115 cm³/mol. The van der Waals surface area contributed by atoms with Crippen LogP contribution in [0.4, 0.5) is 8.78 Å². The van der Waals surface area contributed by atoms with E-state index in [9.17, 15) is 8.78 Å². The molecule has 1 atom stereocenters. The van der Waals surface area contributed by atoms with Gasteiger partial charge in [0.15, 0.2) is 5.54 Å². The summed E-state index contributed by atoms with van der Waals surface area (Å²) in [5, 5.41) is 0. The summed E-state index contributed by atoms with van der Waals surface area (Å²) >= 11 is 0. The molecule has 2 aromatic carbocycles. The Bertz CT molecular complexity index is 1190. The summed E-state index contributed by atoms with van der Waals surface area (Å²) in [7, 11) is 1.61. The van der Waals surface area contributed by atoms with Crippen LogP contribution in [-0.4, -0.2) is 42.3 Å². The highest BCUT2D eigenvalue weighted by Crippen LogP contribution is 2.42. The maximum Gasteiger partial charge on any atom is 0.220 e. The second-order valence-electron chi connectivity index (χ2n) is 7.47. The summed E-state index contributed by atoms with van der Waals surface area (Å²) in [5.41, 5.74) is 0.874. The monoisotopic (exact) mass is 418 g/mol. The van der Waals surface area contributed by atoms with E-state index in [4.69, 9.17) is 14.7 Å². The lowest BCUT2D eigenvalue weighted by atomic mass is 9.81. The largest absolute Gasteiger partial charge is 0.497 e. The summed E-state index contributed by atoms with van der Waals surface area (Å²) in [5.74, 6) is 0.266. The Morgan fingerprint density at radius 2 is 1.81 bits per heavy atom.